The summed E-state index contributed by atoms with van der Waals surface area (Å²) in [4.78, 5) is 13.3. The summed E-state index contributed by atoms with van der Waals surface area (Å²) in [5, 5.41) is 87.4. The van der Waals surface area contributed by atoms with Crippen LogP contribution < -0.4 is 5.32 Å². The highest BCUT2D eigenvalue weighted by atomic mass is 16.7. The van der Waals surface area contributed by atoms with Crippen LogP contribution in [0.2, 0.25) is 0 Å². The predicted molar refractivity (Wildman–Crippen MR) is 337 cm³/mol. The molecule has 9 N–H and O–H groups in total. The summed E-state index contributed by atoms with van der Waals surface area (Å²) >= 11 is 0. The van der Waals surface area contributed by atoms with Crippen molar-refractivity contribution in [1.82, 2.24) is 5.32 Å². The number of rotatable bonds is 55. The molecule has 83 heavy (non-hydrogen) atoms. The molecule has 2 aliphatic heterocycles. The van der Waals surface area contributed by atoms with E-state index in [2.05, 4.69) is 67.8 Å². The molecule has 2 saturated heterocycles. The second kappa shape index (κ2) is 53.9. The number of ether oxygens (including phenoxy) is 4. The molecule has 0 bridgehead atoms. The van der Waals surface area contributed by atoms with E-state index < -0.39 is 86.8 Å². The molecule has 0 aromatic heterocycles. The average Bonchev–Trinajstić information content (AvgIpc) is 3.59. The molecule has 484 valence electrons. The molecule has 0 aromatic rings. The third kappa shape index (κ3) is 38.6. The van der Waals surface area contributed by atoms with E-state index in [1.165, 1.54) is 180 Å². The number of hydrogen-bond acceptors (Lipinski definition) is 13. The van der Waals surface area contributed by atoms with Crippen LogP contribution in [0.4, 0.5) is 0 Å². The van der Waals surface area contributed by atoms with Crippen LogP contribution in [-0.2, 0) is 23.7 Å². The first-order valence-corrected chi connectivity index (χ1v) is 34.0. The highest BCUT2D eigenvalue weighted by molar-refractivity contribution is 5.76. The molecule has 12 unspecified atom stereocenters. The van der Waals surface area contributed by atoms with E-state index in [-0.39, 0.29) is 18.9 Å². The van der Waals surface area contributed by atoms with E-state index in [1.54, 1.807) is 6.08 Å². The maximum atomic E-state index is 13.3. The van der Waals surface area contributed by atoms with E-state index in [0.717, 1.165) is 70.6 Å². The van der Waals surface area contributed by atoms with E-state index in [9.17, 15) is 45.6 Å². The van der Waals surface area contributed by atoms with Gasteiger partial charge >= 0.3 is 0 Å². The van der Waals surface area contributed by atoms with Crippen molar-refractivity contribution in [2.24, 2.45) is 0 Å². The SMILES string of the molecule is CC/C=C\C/C=C\C/C=C\C/C=C\CCCCCCCCCCC(=O)NC(COC1OC(CO)C(OC2OC(CO)C(O)C(O)C2O)C(O)C1O)C(O)/C=C/CCCCCCCCCCCCCCCCCCCCCCCCCCCC. The topological polar surface area (TPSA) is 228 Å². The minimum atomic E-state index is -1.79. The van der Waals surface area contributed by atoms with Crippen molar-refractivity contribution < 1.29 is 64.6 Å². The lowest BCUT2D eigenvalue weighted by molar-refractivity contribution is -0.359. The van der Waals surface area contributed by atoms with Crippen molar-refractivity contribution in [3.63, 3.8) is 0 Å². The lowest BCUT2D eigenvalue weighted by Crippen LogP contribution is -2.65. The first-order valence-electron chi connectivity index (χ1n) is 34.0. The summed E-state index contributed by atoms with van der Waals surface area (Å²) in [5.74, 6) is -0.247. The Morgan fingerprint density at radius 3 is 1.28 bits per heavy atom. The Bertz CT molecular complexity index is 1620. The van der Waals surface area contributed by atoms with Gasteiger partial charge in [0.1, 0.15) is 48.8 Å². The molecule has 2 aliphatic rings. The minimum Gasteiger partial charge on any atom is -0.394 e. The Morgan fingerprint density at radius 2 is 0.831 bits per heavy atom. The number of unbranched alkanes of at least 4 members (excludes halogenated alkanes) is 34. The van der Waals surface area contributed by atoms with Crippen LogP contribution in [0, 0.1) is 0 Å². The fourth-order valence-electron chi connectivity index (χ4n) is 11.0. The highest BCUT2D eigenvalue weighted by Gasteiger charge is 2.51. The minimum absolute atomic E-state index is 0.247. The van der Waals surface area contributed by atoms with Crippen LogP contribution in [0.15, 0.2) is 60.8 Å². The second-order valence-electron chi connectivity index (χ2n) is 23.9. The molecule has 1 amide bonds. The van der Waals surface area contributed by atoms with Crippen molar-refractivity contribution in [3.8, 4) is 0 Å². The number of allylic oxidation sites excluding steroid dienone is 9. The van der Waals surface area contributed by atoms with Crippen LogP contribution in [0.3, 0.4) is 0 Å². The van der Waals surface area contributed by atoms with Gasteiger partial charge in [-0.2, -0.15) is 0 Å². The van der Waals surface area contributed by atoms with E-state index >= 15 is 0 Å². The van der Waals surface area contributed by atoms with Crippen molar-refractivity contribution in [3.05, 3.63) is 60.8 Å². The zero-order valence-corrected chi connectivity index (χ0v) is 52.4. The number of aliphatic hydroxyl groups excluding tert-OH is 8. The van der Waals surface area contributed by atoms with Crippen molar-refractivity contribution in [2.45, 2.75) is 351 Å². The summed E-state index contributed by atoms with van der Waals surface area (Å²) in [6.07, 6.45) is 54.1. The maximum Gasteiger partial charge on any atom is 0.220 e. The van der Waals surface area contributed by atoms with Crippen LogP contribution >= 0.6 is 0 Å². The molecule has 0 radical (unpaired) electrons. The van der Waals surface area contributed by atoms with Gasteiger partial charge in [-0.1, -0.05) is 274 Å². The van der Waals surface area contributed by atoms with Crippen molar-refractivity contribution in [1.29, 1.82) is 0 Å². The first kappa shape index (κ1) is 76.8. The Balaban J connectivity index is 1.70. The lowest BCUT2D eigenvalue weighted by Gasteiger charge is -2.46. The Kier molecular flexibility index (Phi) is 49.9. The highest BCUT2D eigenvalue weighted by Crippen LogP contribution is 2.30. The smallest absolute Gasteiger partial charge is 0.220 e. The first-order chi connectivity index (χ1) is 40.6. The predicted octanol–water partition coefficient (Wildman–Crippen LogP) is 13.3. The Morgan fingerprint density at radius 1 is 0.446 bits per heavy atom. The molecule has 0 aromatic carbocycles. The Labute approximate surface area is 505 Å². The lowest BCUT2D eigenvalue weighted by atomic mass is 9.97. The monoisotopic (exact) mass is 1180 g/mol. The normalized spacial score (nSPS) is 24.2. The van der Waals surface area contributed by atoms with Gasteiger partial charge in [-0.25, -0.2) is 0 Å². The standard InChI is InChI=1S/C69H125NO13/c1-3-5-7-9-11-13-15-17-19-21-23-25-26-27-28-29-30-31-33-34-36-38-40-42-44-46-48-50-52-58(73)57(56-80-68-66(79)64(77)67(60(55-72)82-68)83-69-65(78)63(76)62(75)59(54-71)81-69)70-61(74)53-51-49-47-45-43-41-39-37-35-32-24-22-20-18-16-14-12-10-8-6-4-2/h6,8,12,14,18,20,24,32,50,52,57-60,62-69,71-73,75-79H,3-5,7,9-11,13,15-17,19,21-23,25-31,33-49,51,53-56H2,1-2H3,(H,70,74)/b8-6-,14-12-,20-18-,32-24-,52-50+. The van der Waals surface area contributed by atoms with Crippen molar-refractivity contribution in [2.75, 3.05) is 19.8 Å². The third-order valence-electron chi connectivity index (χ3n) is 16.5. The summed E-state index contributed by atoms with van der Waals surface area (Å²) in [5.41, 5.74) is 0. The van der Waals surface area contributed by atoms with E-state index in [0.29, 0.717) is 6.42 Å². The second-order valence-corrected chi connectivity index (χ2v) is 23.9. The number of hydrogen-bond donors (Lipinski definition) is 9. The summed E-state index contributed by atoms with van der Waals surface area (Å²) in [6.45, 7) is 2.71. The van der Waals surface area contributed by atoms with Gasteiger partial charge in [0.05, 0.1) is 32.0 Å². The fraction of sp³-hybridized carbons (Fsp3) is 0.841. The molecule has 14 heteroatoms. The van der Waals surface area contributed by atoms with Crippen LogP contribution in [0.25, 0.3) is 0 Å². The van der Waals surface area contributed by atoms with E-state index in [4.69, 9.17) is 18.9 Å². The average molecular weight is 1180 g/mol. The van der Waals surface area contributed by atoms with Gasteiger partial charge in [-0.3, -0.25) is 4.79 Å². The zero-order chi connectivity index (χ0) is 60.2. The van der Waals surface area contributed by atoms with Gasteiger partial charge in [0.15, 0.2) is 12.6 Å². The molecule has 12 atom stereocenters. The molecule has 0 saturated carbocycles. The maximum absolute atomic E-state index is 13.3. The number of nitrogens with one attached hydrogen (secondary N) is 1. The third-order valence-corrected chi connectivity index (χ3v) is 16.5. The molecule has 2 fully saturated rings. The van der Waals surface area contributed by atoms with Crippen LogP contribution in [0.1, 0.15) is 277 Å². The summed E-state index contributed by atoms with van der Waals surface area (Å²) in [6, 6.07) is -0.923. The van der Waals surface area contributed by atoms with E-state index in [1.807, 2.05) is 6.08 Å². The van der Waals surface area contributed by atoms with Gasteiger partial charge in [-0.05, 0) is 57.8 Å². The molecule has 0 spiro atoms. The van der Waals surface area contributed by atoms with Gasteiger partial charge < -0.3 is 65.1 Å². The molecular formula is C69H125NO13. The number of amides is 1. The van der Waals surface area contributed by atoms with Gasteiger partial charge in [0.25, 0.3) is 0 Å². The van der Waals surface area contributed by atoms with Gasteiger partial charge in [0.2, 0.25) is 5.91 Å². The molecule has 0 aliphatic carbocycles. The Hall–Kier alpha value is -2.31. The largest absolute Gasteiger partial charge is 0.394 e. The summed E-state index contributed by atoms with van der Waals surface area (Å²) in [7, 11) is 0. The molecule has 2 heterocycles. The number of carbonyl (C=O) groups is 1. The fourth-order valence-corrected chi connectivity index (χ4v) is 11.0. The quantitative estimate of drug-likeness (QED) is 0.0204. The van der Waals surface area contributed by atoms with Gasteiger partial charge in [-0.15, -0.1) is 0 Å². The van der Waals surface area contributed by atoms with Gasteiger partial charge in [0, 0.05) is 6.42 Å². The van der Waals surface area contributed by atoms with Crippen molar-refractivity contribution >= 4 is 5.91 Å². The number of aliphatic hydroxyl groups is 8. The van der Waals surface area contributed by atoms with Crippen LogP contribution in [0.5, 0.6) is 0 Å². The van der Waals surface area contributed by atoms with Crippen LogP contribution in [-0.4, -0.2) is 140 Å². The molecule has 2 rings (SSSR count). The summed E-state index contributed by atoms with van der Waals surface area (Å²) < 4.78 is 22.8. The molecule has 14 nitrogen and oxygen atoms in total. The molecular weight excluding hydrogens is 1050 g/mol. The number of carbonyl (C=O) groups excluding carboxylic acids is 1. The zero-order valence-electron chi connectivity index (χ0n) is 52.4.